The molecule has 0 aliphatic heterocycles. The number of aryl methyl sites for hydroxylation is 1. The Morgan fingerprint density at radius 3 is 2.78 bits per heavy atom. The van der Waals surface area contributed by atoms with Crippen molar-refractivity contribution in [1.82, 2.24) is 15.0 Å². The molecule has 7 heteroatoms. The first kappa shape index (κ1) is 13.0. The van der Waals surface area contributed by atoms with Crippen molar-refractivity contribution in [3.05, 3.63) is 34.6 Å². The van der Waals surface area contributed by atoms with E-state index in [2.05, 4.69) is 15.6 Å². The van der Waals surface area contributed by atoms with Crippen LogP contribution in [-0.4, -0.2) is 21.5 Å². The molecule has 1 heterocycles. The van der Waals surface area contributed by atoms with Gasteiger partial charge in [0.05, 0.1) is 27.6 Å². The second-order valence-electron chi connectivity index (χ2n) is 3.80. The molecule has 0 amide bonds. The predicted octanol–water partition coefficient (Wildman–Crippen LogP) is 2.67. The number of aromatic nitrogens is 3. The molecule has 2 rings (SSSR count). The maximum absolute atomic E-state index is 5.93. The van der Waals surface area contributed by atoms with Crippen molar-refractivity contribution >= 4 is 34.6 Å². The number of hydrogen-bond acceptors (Lipinski definition) is 4. The first-order valence-electron chi connectivity index (χ1n) is 5.49. The van der Waals surface area contributed by atoms with Gasteiger partial charge in [0.2, 0.25) is 0 Å². The normalized spacial score (nSPS) is 10.6. The van der Waals surface area contributed by atoms with E-state index in [4.69, 9.17) is 28.9 Å². The summed E-state index contributed by atoms with van der Waals surface area (Å²) in [7, 11) is 0. The van der Waals surface area contributed by atoms with Crippen LogP contribution in [0.3, 0.4) is 0 Å². The number of anilines is 2. The molecule has 0 fully saturated rings. The topological polar surface area (TPSA) is 68.8 Å². The summed E-state index contributed by atoms with van der Waals surface area (Å²) in [5.41, 5.74) is 7.22. The fourth-order valence-corrected chi connectivity index (χ4v) is 1.87. The Hall–Kier alpha value is -1.46. The van der Waals surface area contributed by atoms with Gasteiger partial charge in [-0.15, -0.1) is 5.10 Å². The summed E-state index contributed by atoms with van der Waals surface area (Å²) in [6.45, 7) is 1.57. The monoisotopic (exact) mass is 285 g/mol. The predicted molar refractivity (Wildman–Crippen MR) is 74.0 cm³/mol. The van der Waals surface area contributed by atoms with E-state index < -0.39 is 0 Å². The minimum Gasteiger partial charge on any atom is -0.397 e. The lowest BCUT2D eigenvalue weighted by atomic mass is 10.2. The third-order valence-corrected chi connectivity index (χ3v) is 3.17. The van der Waals surface area contributed by atoms with Crippen LogP contribution in [0.5, 0.6) is 0 Å². The number of benzene rings is 1. The van der Waals surface area contributed by atoms with Crippen LogP contribution in [0.25, 0.3) is 0 Å². The summed E-state index contributed by atoms with van der Waals surface area (Å²) in [6, 6.07) is 3.37. The van der Waals surface area contributed by atoms with E-state index in [9.17, 15) is 0 Å². The van der Waals surface area contributed by atoms with Crippen LogP contribution in [0.2, 0.25) is 10.0 Å². The molecule has 0 unspecified atom stereocenters. The molecule has 0 saturated heterocycles. The van der Waals surface area contributed by atoms with Crippen LogP contribution in [0.15, 0.2) is 24.5 Å². The largest absolute Gasteiger partial charge is 0.397 e. The number of halogens is 2. The second kappa shape index (κ2) is 5.93. The maximum Gasteiger partial charge on any atom is 0.0692 e. The Labute approximate surface area is 115 Å². The zero-order chi connectivity index (χ0) is 13.0. The average molecular weight is 286 g/mol. The lowest BCUT2D eigenvalue weighted by Gasteiger charge is -2.10. The van der Waals surface area contributed by atoms with Gasteiger partial charge in [-0.1, -0.05) is 28.4 Å². The van der Waals surface area contributed by atoms with Gasteiger partial charge in [-0.25, -0.2) is 0 Å². The van der Waals surface area contributed by atoms with Crippen LogP contribution in [0.4, 0.5) is 11.4 Å². The molecule has 3 N–H and O–H groups in total. The molecule has 0 aliphatic rings. The van der Waals surface area contributed by atoms with Gasteiger partial charge < -0.3 is 11.1 Å². The average Bonchev–Trinajstić information content (AvgIpc) is 2.84. The highest BCUT2D eigenvalue weighted by Gasteiger charge is 2.04. The van der Waals surface area contributed by atoms with Gasteiger partial charge in [-0.2, -0.15) is 0 Å². The van der Waals surface area contributed by atoms with Gasteiger partial charge in [0.15, 0.2) is 0 Å². The number of nitrogen functional groups attached to an aromatic ring is 1. The summed E-state index contributed by atoms with van der Waals surface area (Å²) < 4.78 is 1.78. The van der Waals surface area contributed by atoms with Gasteiger partial charge in [-0.05, 0) is 18.6 Å². The van der Waals surface area contributed by atoms with Crippen molar-refractivity contribution in [1.29, 1.82) is 0 Å². The number of nitrogens with zero attached hydrogens (tertiary/aromatic N) is 3. The molecule has 0 atom stereocenters. The van der Waals surface area contributed by atoms with E-state index in [0.29, 0.717) is 15.7 Å². The second-order valence-corrected chi connectivity index (χ2v) is 4.61. The number of hydrogen-bond donors (Lipinski definition) is 2. The lowest BCUT2D eigenvalue weighted by Crippen LogP contribution is -2.08. The van der Waals surface area contributed by atoms with Gasteiger partial charge in [-0.3, -0.25) is 4.68 Å². The van der Waals surface area contributed by atoms with Crippen molar-refractivity contribution in [3.63, 3.8) is 0 Å². The molecular formula is C11H13Cl2N5. The molecule has 0 spiro atoms. The Morgan fingerprint density at radius 1 is 1.28 bits per heavy atom. The number of rotatable bonds is 5. The first-order chi connectivity index (χ1) is 8.66. The van der Waals surface area contributed by atoms with Crippen molar-refractivity contribution in [2.75, 3.05) is 17.6 Å². The molecule has 96 valence electrons. The minimum atomic E-state index is 0.460. The standard InChI is InChI=1S/C11H13Cl2N5/c12-8-6-10(14)11(7-9(8)13)15-2-1-4-18-5-3-16-17-18/h3,5-7,15H,1-2,4,14H2. The fourth-order valence-electron chi connectivity index (χ4n) is 1.53. The van der Waals surface area contributed by atoms with Crippen molar-refractivity contribution in [2.24, 2.45) is 0 Å². The summed E-state index contributed by atoms with van der Waals surface area (Å²) in [4.78, 5) is 0. The van der Waals surface area contributed by atoms with E-state index in [1.165, 1.54) is 0 Å². The summed E-state index contributed by atoms with van der Waals surface area (Å²) in [6.07, 6.45) is 4.39. The maximum atomic E-state index is 5.93. The van der Waals surface area contributed by atoms with Gasteiger partial charge in [0.1, 0.15) is 0 Å². The highest BCUT2D eigenvalue weighted by Crippen LogP contribution is 2.30. The highest BCUT2D eigenvalue weighted by atomic mass is 35.5. The molecule has 1 aromatic carbocycles. The Kier molecular flexibility index (Phi) is 4.28. The van der Waals surface area contributed by atoms with E-state index in [0.717, 1.165) is 25.2 Å². The molecule has 2 aromatic rings. The Balaban J connectivity index is 1.85. The summed E-state index contributed by atoms with van der Waals surface area (Å²) in [5.74, 6) is 0. The van der Waals surface area contributed by atoms with Crippen molar-refractivity contribution in [3.8, 4) is 0 Å². The Morgan fingerprint density at radius 2 is 2.06 bits per heavy atom. The highest BCUT2D eigenvalue weighted by molar-refractivity contribution is 6.42. The van der Waals surface area contributed by atoms with Crippen LogP contribution in [0, 0.1) is 0 Å². The van der Waals surface area contributed by atoms with Crippen molar-refractivity contribution in [2.45, 2.75) is 13.0 Å². The molecule has 0 radical (unpaired) electrons. The lowest BCUT2D eigenvalue weighted by molar-refractivity contribution is 0.570. The Bertz CT molecular complexity index is 512. The number of nitrogens with one attached hydrogen (secondary N) is 1. The van der Waals surface area contributed by atoms with E-state index >= 15 is 0 Å². The minimum absolute atomic E-state index is 0.460. The van der Waals surface area contributed by atoms with E-state index in [1.54, 1.807) is 23.0 Å². The number of nitrogens with two attached hydrogens (primary N) is 1. The molecule has 0 aliphatic carbocycles. The zero-order valence-corrected chi connectivity index (χ0v) is 11.1. The third-order valence-electron chi connectivity index (χ3n) is 2.44. The van der Waals surface area contributed by atoms with E-state index in [-0.39, 0.29) is 0 Å². The van der Waals surface area contributed by atoms with Crippen LogP contribution < -0.4 is 11.1 Å². The molecule has 1 aromatic heterocycles. The summed E-state index contributed by atoms with van der Waals surface area (Å²) in [5, 5.41) is 11.8. The molecule has 5 nitrogen and oxygen atoms in total. The summed E-state index contributed by atoms with van der Waals surface area (Å²) >= 11 is 11.8. The van der Waals surface area contributed by atoms with Crippen molar-refractivity contribution < 1.29 is 0 Å². The van der Waals surface area contributed by atoms with Gasteiger partial charge >= 0.3 is 0 Å². The quantitative estimate of drug-likeness (QED) is 0.655. The fraction of sp³-hybridized carbons (Fsp3) is 0.273. The van der Waals surface area contributed by atoms with Crippen LogP contribution >= 0.6 is 23.2 Å². The smallest absolute Gasteiger partial charge is 0.0692 e. The van der Waals surface area contributed by atoms with Crippen LogP contribution in [0.1, 0.15) is 6.42 Å². The molecule has 0 bridgehead atoms. The SMILES string of the molecule is Nc1cc(Cl)c(Cl)cc1NCCCn1ccnn1. The van der Waals surface area contributed by atoms with Crippen LogP contribution in [-0.2, 0) is 6.54 Å². The first-order valence-corrected chi connectivity index (χ1v) is 6.25. The third kappa shape index (κ3) is 3.27. The molecule has 18 heavy (non-hydrogen) atoms. The van der Waals surface area contributed by atoms with Gasteiger partial charge in [0, 0.05) is 19.3 Å². The van der Waals surface area contributed by atoms with E-state index in [1.807, 2.05) is 6.20 Å². The van der Waals surface area contributed by atoms with Gasteiger partial charge in [0.25, 0.3) is 0 Å². The zero-order valence-electron chi connectivity index (χ0n) is 9.61. The molecular weight excluding hydrogens is 273 g/mol. The molecule has 0 saturated carbocycles.